The lowest BCUT2D eigenvalue weighted by Gasteiger charge is -2.23. The zero-order valence-electron chi connectivity index (χ0n) is 14.8. The smallest absolute Gasteiger partial charge is 0.255 e. The van der Waals surface area contributed by atoms with Crippen molar-refractivity contribution in [2.75, 3.05) is 7.11 Å². The van der Waals surface area contributed by atoms with E-state index in [1.807, 2.05) is 36.4 Å². The summed E-state index contributed by atoms with van der Waals surface area (Å²) in [6.45, 7) is 3.84. The van der Waals surface area contributed by atoms with Crippen molar-refractivity contribution in [3.63, 3.8) is 0 Å². The zero-order valence-corrected chi connectivity index (χ0v) is 17.0. The lowest BCUT2D eigenvalue weighted by atomic mass is 9.91. The second-order valence-corrected chi connectivity index (χ2v) is 7.11. The molecule has 1 aromatic heterocycles. The molecule has 0 aliphatic carbocycles. The Morgan fingerprint density at radius 3 is 2.65 bits per heavy atom. The first-order valence-electron chi connectivity index (χ1n) is 8.24. The highest BCUT2D eigenvalue weighted by Gasteiger charge is 2.31. The Balaban J connectivity index is 2.36. The van der Waals surface area contributed by atoms with Crippen LogP contribution in [0.15, 0.2) is 30.5 Å². The van der Waals surface area contributed by atoms with Crippen molar-refractivity contribution in [3.8, 4) is 5.75 Å². The number of H-pyrrole nitrogens is 1. The van der Waals surface area contributed by atoms with Gasteiger partial charge in [0.05, 0.1) is 30.0 Å². The minimum Gasteiger partial charge on any atom is -0.496 e. The number of hydrogen-bond acceptors (Lipinski definition) is 4. The first kappa shape index (κ1) is 20.2. The number of para-hydroxylation sites is 1. The third kappa shape index (κ3) is 4.14. The van der Waals surface area contributed by atoms with Gasteiger partial charge in [-0.15, -0.1) is 0 Å². The van der Waals surface area contributed by atoms with Crippen LogP contribution < -0.4 is 10.1 Å². The number of benzene rings is 1. The molecule has 2 atom stereocenters. The second-order valence-electron chi connectivity index (χ2n) is 5.94. The lowest BCUT2D eigenvalue weighted by Crippen LogP contribution is -2.45. The maximum Gasteiger partial charge on any atom is 0.255 e. The molecular weight excluding hydrogens is 447 g/mol. The molecular formula is C19H21IN2O4. The van der Waals surface area contributed by atoms with Crippen molar-refractivity contribution in [3.05, 3.63) is 50.9 Å². The topological polar surface area (TPSA) is 88.3 Å². The molecule has 0 fully saturated rings. The maximum absolute atomic E-state index is 13.1. The van der Waals surface area contributed by atoms with E-state index in [2.05, 4.69) is 10.3 Å². The van der Waals surface area contributed by atoms with E-state index in [0.29, 0.717) is 33.2 Å². The number of Topliss-reactive ketones (excluding diaryl/α,β-unsaturated/α-hetero) is 1. The average molecular weight is 468 g/mol. The molecule has 0 bridgehead atoms. The molecule has 138 valence electrons. The van der Waals surface area contributed by atoms with Crippen molar-refractivity contribution in [1.29, 1.82) is 0 Å². The summed E-state index contributed by atoms with van der Waals surface area (Å²) in [5.74, 6) is -0.342. The normalized spacial score (nSPS) is 12.9. The van der Waals surface area contributed by atoms with Gasteiger partial charge in [-0.2, -0.15) is 0 Å². The van der Waals surface area contributed by atoms with E-state index in [1.165, 1.54) is 7.11 Å². The molecule has 2 N–H and O–H groups in total. The van der Waals surface area contributed by atoms with Crippen LogP contribution >= 0.6 is 22.6 Å². The van der Waals surface area contributed by atoms with Crippen molar-refractivity contribution >= 4 is 40.6 Å². The predicted molar refractivity (Wildman–Crippen MR) is 107 cm³/mol. The number of ketones is 1. The molecule has 0 radical (unpaired) electrons. The summed E-state index contributed by atoms with van der Waals surface area (Å²) in [6.07, 6.45) is 2.92. The van der Waals surface area contributed by atoms with E-state index >= 15 is 0 Å². The van der Waals surface area contributed by atoms with E-state index in [1.54, 1.807) is 30.5 Å². The summed E-state index contributed by atoms with van der Waals surface area (Å²) in [5, 5.41) is 2.82. The monoisotopic (exact) mass is 468 g/mol. The van der Waals surface area contributed by atoms with Gasteiger partial charge in [0, 0.05) is 9.77 Å². The van der Waals surface area contributed by atoms with E-state index < -0.39 is 6.04 Å². The molecule has 0 spiro atoms. The van der Waals surface area contributed by atoms with Crippen LogP contribution in [0.1, 0.15) is 51.5 Å². The van der Waals surface area contributed by atoms with Gasteiger partial charge in [0.25, 0.3) is 5.91 Å². The Labute approximate surface area is 165 Å². The molecule has 7 heteroatoms. The summed E-state index contributed by atoms with van der Waals surface area (Å²) in [4.78, 5) is 39.9. The zero-order chi connectivity index (χ0) is 19.3. The standard InChI is InChI=1S/C19H21IN2O4/c1-4-11(2)17(18(24)16-13(20)9-21-14(16)10-23)22-19(25)12-7-5-6-8-15(12)26-3/h5-11,17,21H,4H2,1-3H3,(H,22,25)/t11?,17-/m0/s1. The predicted octanol–water partition coefficient (Wildman–Crippen LogP) is 3.47. The van der Waals surface area contributed by atoms with Gasteiger partial charge >= 0.3 is 0 Å². The van der Waals surface area contributed by atoms with Crippen molar-refractivity contribution < 1.29 is 19.1 Å². The van der Waals surface area contributed by atoms with Crippen LogP contribution in [0, 0.1) is 9.49 Å². The lowest BCUT2D eigenvalue weighted by molar-refractivity contribution is 0.0821. The van der Waals surface area contributed by atoms with Gasteiger partial charge in [0.2, 0.25) is 0 Å². The molecule has 0 aliphatic rings. The summed E-state index contributed by atoms with van der Waals surface area (Å²) in [6, 6.07) is 6.08. The third-order valence-electron chi connectivity index (χ3n) is 4.36. The first-order valence-corrected chi connectivity index (χ1v) is 9.32. The number of aldehydes is 1. The third-order valence-corrected chi connectivity index (χ3v) is 5.21. The fraction of sp³-hybridized carbons (Fsp3) is 0.316. The van der Waals surface area contributed by atoms with E-state index in [4.69, 9.17) is 4.74 Å². The number of halogens is 1. The summed E-state index contributed by atoms with van der Waals surface area (Å²) in [7, 11) is 1.49. The van der Waals surface area contributed by atoms with Crippen LogP contribution in [0.25, 0.3) is 0 Å². The number of ether oxygens (including phenoxy) is 1. The average Bonchev–Trinajstić information content (AvgIpc) is 3.05. The molecule has 26 heavy (non-hydrogen) atoms. The second kappa shape index (κ2) is 8.98. The molecule has 2 aromatic rings. The number of hydrogen-bond donors (Lipinski definition) is 2. The Kier molecular flexibility index (Phi) is 6.96. The highest BCUT2D eigenvalue weighted by molar-refractivity contribution is 14.1. The van der Waals surface area contributed by atoms with Crippen molar-refractivity contribution in [1.82, 2.24) is 10.3 Å². The van der Waals surface area contributed by atoms with Crippen molar-refractivity contribution in [2.45, 2.75) is 26.3 Å². The van der Waals surface area contributed by atoms with E-state index in [9.17, 15) is 14.4 Å². The van der Waals surface area contributed by atoms with E-state index in [-0.39, 0.29) is 23.3 Å². The van der Waals surface area contributed by atoms with Crippen LogP contribution in [0.4, 0.5) is 0 Å². The molecule has 2 rings (SSSR count). The van der Waals surface area contributed by atoms with Crippen LogP contribution in [0.3, 0.4) is 0 Å². The molecule has 0 saturated carbocycles. The summed E-state index contributed by atoms with van der Waals surface area (Å²) in [5.41, 5.74) is 0.890. The fourth-order valence-electron chi connectivity index (χ4n) is 2.67. The van der Waals surface area contributed by atoms with Crippen LogP contribution in [0.5, 0.6) is 5.75 Å². The largest absolute Gasteiger partial charge is 0.496 e. The fourth-order valence-corrected chi connectivity index (χ4v) is 3.38. The molecule has 1 amide bonds. The number of methoxy groups -OCH3 is 1. The Morgan fingerprint density at radius 2 is 2.04 bits per heavy atom. The molecule has 0 aliphatic heterocycles. The minimum atomic E-state index is -0.750. The van der Waals surface area contributed by atoms with Gasteiger partial charge in [0.15, 0.2) is 12.1 Å². The van der Waals surface area contributed by atoms with Gasteiger partial charge in [-0.25, -0.2) is 0 Å². The summed E-state index contributed by atoms with van der Waals surface area (Å²) >= 11 is 2.00. The Hall–Kier alpha value is -2.16. The molecule has 0 saturated heterocycles. The minimum absolute atomic E-state index is 0.105. The summed E-state index contributed by atoms with van der Waals surface area (Å²) < 4.78 is 5.87. The molecule has 1 aromatic carbocycles. The van der Waals surface area contributed by atoms with Gasteiger partial charge in [-0.1, -0.05) is 32.4 Å². The Bertz CT molecular complexity index is 816. The van der Waals surface area contributed by atoms with Crippen LogP contribution in [-0.4, -0.2) is 36.1 Å². The highest BCUT2D eigenvalue weighted by Crippen LogP contribution is 2.23. The number of amides is 1. The molecule has 1 heterocycles. The van der Waals surface area contributed by atoms with E-state index in [0.717, 1.165) is 0 Å². The van der Waals surface area contributed by atoms with Crippen molar-refractivity contribution in [2.24, 2.45) is 5.92 Å². The number of carbonyl (C=O) groups excluding carboxylic acids is 3. The van der Waals surface area contributed by atoms with Gasteiger partial charge < -0.3 is 15.0 Å². The van der Waals surface area contributed by atoms with Crippen LogP contribution in [-0.2, 0) is 0 Å². The molecule has 6 nitrogen and oxygen atoms in total. The quantitative estimate of drug-likeness (QED) is 0.353. The number of carbonyl (C=O) groups is 3. The highest BCUT2D eigenvalue weighted by atomic mass is 127. The van der Waals surface area contributed by atoms with Crippen LogP contribution in [0.2, 0.25) is 0 Å². The first-order chi connectivity index (χ1) is 12.4. The number of aromatic nitrogens is 1. The van der Waals surface area contributed by atoms with Gasteiger partial charge in [-0.05, 0) is 40.6 Å². The molecule has 1 unspecified atom stereocenters. The number of aromatic amines is 1. The number of nitrogens with one attached hydrogen (secondary N) is 2. The maximum atomic E-state index is 13.1. The Morgan fingerprint density at radius 1 is 1.35 bits per heavy atom. The van der Waals surface area contributed by atoms with Gasteiger partial charge in [-0.3, -0.25) is 14.4 Å². The SMILES string of the molecule is CCC(C)[C@H](NC(=O)c1ccccc1OC)C(=O)c1c(I)c[nH]c1C=O. The van der Waals surface area contributed by atoms with Gasteiger partial charge in [0.1, 0.15) is 5.75 Å². The number of rotatable bonds is 8.